The van der Waals surface area contributed by atoms with Gasteiger partial charge in [-0.1, -0.05) is 0 Å². The lowest BCUT2D eigenvalue weighted by molar-refractivity contribution is -0.156. The zero-order chi connectivity index (χ0) is 13.2. The Hall–Kier alpha value is -1.89. The number of nitrogens with zero attached hydrogens (tertiary/aromatic N) is 2. The molecular formula is C10H14N2O5. The van der Waals surface area contributed by atoms with Crippen molar-refractivity contribution in [1.82, 2.24) is 9.78 Å². The maximum atomic E-state index is 11.2. The smallest absolute Gasteiger partial charge is 0.358 e. The summed E-state index contributed by atoms with van der Waals surface area (Å²) >= 11 is 0. The van der Waals surface area contributed by atoms with E-state index in [1.807, 2.05) is 0 Å². The van der Waals surface area contributed by atoms with Crippen LogP contribution in [0.4, 0.5) is 0 Å². The summed E-state index contributed by atoms with van der Waals surface area (Å²) in [5.74, 6) is -1.94. The first-order chi connectivity index (χ1) is 7.77. The van der Waals surface area contributed by atoms with Crippen LogP contribution in [0.3, 0.4) is 0 Å². The van der Waals surface area contributed by atoms with E-state index in [-0.39, 0.29) is 12.1 Å². The molecule has 0 bridgehead atoms. The van der Waals surface area contributed by atoms with Crippen molar-refractivity contribution in [2.75, 3.05) is 7.11 Å². The van der Waals surface area contributed by atoms with E-state index in [2.05, 4.69) is 9.84 Å². The van der Waals surface area contributed by atoms with Crippen molar-refractivity contribution >= 4 is 11.9 Å². The van der Waals surface area contributed by atoms with E-state index in [1.54, 1.807) is 7.05 Å². The quantitative estimate of drug-likeness (QED) is 0.695. The molecule has 1 atom stereocenters. The van der Waals surface area contributed by atoms with Gasteiger partial charge >= 0.3 is 11.9 Å². The molecule has 1 rings (SSSR count). The highest BCUT2D eigenvalue weighted by Crippen LogP contribution is 2.14. The number of rotatable bonds is 4. The fraction of sp³-hybridized carbons (Fsp3) is 0.500. The maximum absolute atomic E-state index is 11.2. The van der Waals surface area contributed by atoms with Crippen molar-refractivity contribution in [1.29, 1.82) is 0 Å². The zero-order valence-electron chi connectivity index (χ0n) is 9.80. The number of carboxylic acid groups (broad SMARTS) is 1. The van der Waals surface area contributed by atoms with Crippen LogP contribution in [0.1, 0.15) is 23.1 Å². The van der Waals surface area contributed by atoms with Gasteiger partial charge in [0.1, 0.15) is 0 Å². The lowest BCUT2D eigenvalue weighted by Crippen LogP contribution is -2.37. The summed E-state index contributed by atoms with van der Waals surface area (Å²) in [4.78, 5) is 22.0. The van der Waals surface area contributed by atoms with Gasteiger partial charge in [0.2, 0.25) is 0 Å². The summed E-state index contributed by atoms with van der Waals surface area (Å²) < 4.78 is 5.83. The first-order valence-corrected chi connectivity index (χ1v) is 4.85. The van der Waals surface area contributed by atoms with E-state index in [0.717, 1.165) is 0 Å². The van der Waals surface area contributed by atoms with Gasteiger partial charge < -0.3 is 14.9 Å². The van der Waals surface area contributed by atoms with Gasteiger partial charge in [0.25, 0.3) is 0 Å². The topological polar surface area (TPSA) is 102 Å². The maximum Gasteiger partial charge on any atom is 0.358 e. The number of aromatic nitrogens is 2. The lowest BCUT2D eigenvalue weighted by Gasteiger charge is -2.17. The Morgan fingerprint density at radius 2 is 2.18 bits per heavy atom. The van der Waals surface area contributed by atoms with Crippen LogP contribution in [0.25, 0.3) is 0 Å². The summed E-state index contributed by atoms with van der Waals surface area (Å²) in [6.45, 7) is 1.18. The normalized spacial score (nSPS) is 14.1. The Morgan fingerprint density at radius 3 is 2.65 bits per heavy atom. The molecule has 0 aliphatic heterocycles. The summed E-state index contributed by atoms with van der Waals surface area (Å²) in [6.07, 6.45) is -0.150. The molecule has 1 aromatic heterocycles. The standard InChI is InChI=1S/C10H14N2O5/c1-10(16,9(14)15)5-6-4-7(8(13)17-3)11-12(6)2/h4,16H,5H2,1-3H3,(H,14,15). The number of carboxylic acids is 1. The number of carbonyl (C=O) groups excluding carboxylic acids is 1. The zero-order valence-corrected chi connectivity index (χ0v) is 9.80. The van der Waals surface area contributed by atoms with Gasteiger partial charge in [0.15, 0.2) is 11.3 Å². The summed E-state index contributed by atoms with van der Waals surface area (Å²) in [5, 5.41) is 22.3. The number of esters is 1. The number of aliphatic carboxylic acids is 1. The molecular weight excluding hydrogens is 228 g/mol. The van der Waals surface area contributed by atoms with Crippen molar-refractivity contribution in [3.63, 3.8) is 0 Å². The molecule has 0 saturated heterocycles. The third-order valence-corrected chi connectivity index (χ3v) is 2.36. The fourth-order valence-corrected chi connectivity index (χ4v) is 1.30. The van der Waals surface area contributed by atoms with Crippen LogP contribution in [-0.4, -0.2) is 44.6 Å². The number of hydrogen-bond acceptors (Lipinski definition) is 5. The number of methoxy groups -OCH3 is 1. The minimum atomic E-state index is -1.90. The van der Waals surface area contributed by atoms with Crippen LogP contribution < -0.4 is 0 Å². The third kappa shape index (κ3) is 2.82. The predicted molar refractivity (Wildman–Crippen MR) is 56.5 cm³/mol. The van der Waals surface area contributed by atoms with E-state index in [9.17, 15) is 14.7 Å². The highest BCUT2D eigenvalue weighted by atomic mass is 16.5. The molecule has 0 spiro atoms. The average Bonchev–Trinajstić information content (AvgIpc) is 2.58. The molecule has 0 fully saturated rings. The van der Waals surface area contributed by atoms with Crippen molar-refractivity contribution in [2.45, 2.75) is 18.9 Å². The van der Waals surface area contributed by atoms with Crippen molar-refractivity contribution in [3.05, 3.63) is 17.5 Å². The van der Waals surface area contributed by atoms with Crippen LogP contribution in [0, 0.1) is 0 Å². The Kier molecular flexibility index (Phi) is 3.52. The minimum absolute atomic E-state index is 0.0752. The number of ether oxygens (including phenoxy) is 1. The predicted octanol–water partition coefficient (Wildman–Crippen LogP) is -0.415. The molecule has 1 aromatic rings. The van der Waals surface area contributed by atoms with Gasteiger partial charge in [-0.25, -0.2) is 9.59 Å². The Morgan fingerprint density at radius 1 is 1.59 bits per heavy atom. The molecule has 0 saturated carbocycles. The summed E-state index contributed by atoms with van der Waals surface area (Å²) in [6, 6.07) is 1.39. The molecule has 1 unspecified atom stereocenters. The second-order valence-corrected chi connectivity index (χ2v) is 3.89. The van der Waals surface area contributed by atoms with Gasteiger partial charge in [0.05, 0.1) is 7.11 Å². The number of hydrogen-bond donors (Lipinski definition) is 2. The van der Waals surface area contributed by atoms with Crippen molar-refractivity contribution in [2.24, 2.45) is 7.05 Å². The third-order valence-electron chi connectivity index (χ3n) is 2.36. The van der Waals surface area contributed by atoms with Crippen LogP contribution >= 0.6 is 0 Å². The SMILES string of the molecule is COC(=O)c1cc(CC(C)(O)C(=O)O)n(C)n1. The first-order valence-electron chi connectivity index (χ1n) is 4.85. The molecule has 17 heavy (non-hydrogen) atoms. The van der Waals surface area contributed by atoms with Gasteiger partial charge in [-0.3, -0.25) is 4.68 Å². The molecule has 0 aliphatic carbocycles. The Balaban J connectivity index is 2.97. The molecule has 1 heterocycles. The van der Waals surface area contributed by atoms with E-state index in [1.165, 1.54) is 24.8 Å². The van der Waals surface area contributed by atoms with Crippen LogP contribution in [0.5, 0.6) is 0 Å². The van der Waals surface area contributed by atoms with Crippen molar-refractivity contribution in [3.8, 4) is 0 Å². The first kappa shape index (κ1) is 13.2. The molecule has 94 valence electrons. The Bertz CT molecular complexity index is 450. The van der Waals surface area contributed by atoms with Crippen molar-refractivity contribution < 1.29 is 24.5 Å². The second-order valence-electron chi connectivity index (χ2n) is 3.89. The lowest BCUT2D eigenvalue weighted by atomic mass is 10.0. The Labute approximate surface area is 97.6 Å². The van der Waals surface area contributed by atoms with E-state index < -0.39 is 17.5 Å². The highest BCUT2D eigenvalue weighted by molar-refractivity contribution is 5.87. The molecule has 0 aromatic carbocycles. The molecule has 7 heteroatoms. The molecule has 0 amide bonds. The van der Waals surface area contributed by atoms with Crippen LogP contribution in [0.15, 0.2) is 6.07 Å². The number of aryl methyl sites for hydroxylation is 1. The summed E-state index contributed by atoms with van der Waals surface area (Å²) in [5.41, 5.74) is -1.40. The van der Waals surface area contributed by atoms with Crippen LogP contribution in [-0.2, 0) is 23.0 Å². The molecule has 0 radical (unpaired) electrons. The van der Waals surface area contributed by atoms with E-state index in [4.69, 9.17) is 5.11 Å². The largest absolute Gasteiger partial charge is 0.479 e. The van der Waals surface area contributed by atoms with Gasteiger partial charge in [-0.2, -0.15) is 5.10 Å². The molecule has 7 nitrogen and oxygen atoms in total. The average molecular weight is 242 g/mol. The van der Waals surface area contributed by atoms with Gasteiger partial charge in [-0.05, 0) is 13.0 Å². The number of aliphatic hydroxyl groups is 1. The van der Waals surface area contributed by atoms with Crippen LogP contribution in [0.2, 0.25) is 0 Å². The fourth-order valence-electron chi connectivity index (χ4n) is 1.30. The second kappa shape index (κ2) is 4.54. The van der Waals surface area contributed by atoms with Gasteiger partial charge in [-0.15, -0.1) is 0 Å². The van der Waals surface area contributed by atoms with E-state index in [0.29, 0.717) is 5.69 Å². The highest BCUT2D eigenvalue weighted by Gasteiger charge is 2.31. The number of carbonyl (C=O) groups is 2. The minimum Gasteiger partial charge on any atom is -0.479 e. The molecule has 2 N–H and O–H groups in total. The van der Waals surface area contributed by atoms with E-state index >= 15 is 0 Å². The molecule has 0 aliphatic rings. The van der Waals surface area contributed by atoms with Gasteiger partial charge in [0, 0.05) is 19.2 Å². The monoisotopic (exact) mass is 242 g/mol. The summed E-state index contributed by atoms with van der Waals surface area (Å²) in [7, 11) is 2.78.